The van der Waals surface area contributed by atoms with Gasteiger partial charge in [-0.3, -0.25) is 0 Å². The highest BCUT2D eigenvalue weighted by atomic mass is 35.5. The molecule has 0 atom stereocenters. The van der Waals surface area contributed by atoms with E-state index in [2.05, 4.69) is 52.0 Å². The third-order valence-corrected chi connectivity index (χ3v) is 5.97. The number of ether oxygens (including phenoxy) is 1. The van der Waals surface area contributed by atoms with Crippen LogP contribution in [0.5, 0.6) is 5.75 Å². The fourth-order valence-electron chi connectivity index (χ4n) is 3.86. The van der Waals surface area contributed by atoms with E-state index >= 15 is 0 Å². The summed E-state index contributed by atoms with van der Waals surface area (Å²) in [5.74, 6) is 1.64. The zero-order chi connectivity index (χ0) is 17.3. The van der Waals surface area contributed by atoms with Crippen molar-refractivity contribution < 1.29 is 4.74 Å². The topological polar surface area (TPSA) is 9.23 Å². The molecule has 3 rings (SSSR count). The molecule has 1 aliphatic carbocycles. The van der Waals surface area contributed by atoms with Crippen molar-refractivity contribution in [2.45, 2.75) is 65.9 Å². The van der Waals surface area contributed by atoms with Crippen molar-refractivity contribution in [3.05, 3.63) is 40.9 Å². The van der Waals surface area contributed by atoms with Gasteiger partial charge in [0.2, 0.25) is 0 Å². The lowest BCUT2D eigenvalue weighted by Gasteiger charge is -2.37. The van der Waals surface area contributed by atoms with Crippen LogP contribution in [0, 0.1) is 11.3 Å². The summed E-state index contributed by atoms with van der Waals surface area (Å²) in [6.07, 6.45) is 6.10. The van der Waals surface area contributed by atoms with Gasteiger partial charge in [0.25, 0.3) is 0 Å². The van der Waals surface area contributed by atoms with Crippen LogP contribution in [0.4, 0.5) is 0 Å². The molecular formula is C22H29ClO. The second-order valence-electron chi connectivity index (χ2n) is 8.24. The quantitative estimate of drug-likeness (QED) is 0.580. The lowest BCUT2D eigenvalue weighted by Crippen LogP contribution is -2.30. The molecule has 2 heteroatoms. The van der Waals surface area contributed by atoms with Crippen LogP contribution in [0.2, 0.25) is 5.02 Å². The predicted molar refractivity (Wildman–Crippen MR) is 104 cm³/mol. The van der Waals surface area contributed by atoms with E-state index in [1.807, 2.05) is 6.07 Å². The molecule has 0 N–H and O–H groups in total. The van der Waals surface area contributed by atoms with Crippen LogP contribution in [0.15, 0.2) is 30.3 Å². The van der Waals surface area contributed by atoms with Gasteiger partial charge in [-0.1, -0.05) is 63.6 Å². The summed E-state index contributed by atoms with van der Waals surface area (Å²) in [5, 5.41) is 3.05. The number of benzene rings is 2. The molecule has 0 aliphatic heterocycles. The Morgan fingerprint density at radius 1 is 1.04 bits per heavy atom. The first-order valence-electron chi connectivity index (χ1n) is 9.26. The van der Waals surface area contributed by atoms with Gasteiger partial charge in [-0.2, -0.15) is 0 Å². The van der Waals surface area contributed by atoms with Gasteiger partial charge in [0.15, 0.2) is 0 Å². The van der Waals surface area contributed by atoms with Crippen LogP contribution in [0.1, 0.15) is 58.9 Å². The molecular weight excluding hydrogens is 316 g/mol. The molecule has 0 bridgehead atoms. The number of halogens is 1. The Labute approximate surface area is 151 Å². The Kier molecular flexibility index (Phi) is 5.11. The Bertz CT molecular complexity index is 706. The van der Waals surface area contributed by atoms with Crippen LogP contribution < -0.4 is 4.74 Å². The summed E-state index contributed by atoms with van der Waals surface area (Å²) in [5.41, 5.74) is 1.75. The molecule has 2 aromatic carbocycles. The first-order chi connectivity index (χ1) is 11.4. The van der Waals surface area contributed by atoms with E-state index in [0.29, 0.717) is 11.5 Å². The molecule has 24 heavy (non-hydrogen) atoms. The molecule has 130 valence electrons. The van der Waals surface area contributed by atoms with Gasteiger partial charge >= 0.3 is 0 Å². The van der Waals surface area contributed by atoms with Crippen LogP contribution in [-0.2, 0) is 6.42 Å². The van der Waals surface area contributed by atoms with Crippen LogP contribution in [0.25, 0.3) is 10.8 Å². The first-order valence-corrected chi connectivity index (χ1v) is 9.64. The average Bonchev–Trinajstić information content (AvgIpc) is 2.57. The minimum absolute atomic E-state index is 0.300. The molecule has 1 fully saturated rings. The van der Waals surface area contributed by atoms with Crippen molar-refractivity contribution in [2.24, 2.45) is 11.3 Å². The summed E-state index contributed by atoms with van der Waals surface area (Å²) in [6.45, 7) is 9.23. The fraction of sp³-hybridized carbons (Fsp3) is 0.545. The highest BCUT2D eigenvalue weighted by Gasteiger charge is 2.30. The van der Waals surface area contributed by atoms with E-state index in [0.717, 1.165) is 41.3 Å². The van der Waals surface area contributed by atoms with E-state index in [1.165, 1.54) is 23.8 Å². The standard InChI is InChI=1S/C22H29ClO/c1-5-15-6-12-19-16(14-15)7-13-20(21(19)23)24-18-10-8-17(9-11-18)22(2,3)4/h6-7,12-14,17-18H,5,8-11H2,1-4H3. The zero-order valence-electron chi connectivity index (χ0n) is 15.4. The molecule has 1 nitrogen and oxygen atoms in total. The minimum Gasteiger partial charge on any atom is -0.489 e. The van der Waals surface area contributed by atoms with Crippen molar-refractivity contribution in [1.82, 2.24) is 0 Å². The van der Waals surface area contributed by atoms with E-state index in [4.69, 9.17) is 16.3 Å². The fourth-order valence-corrected chi connectivity index (χ4v) is 4.14. The van der Waals surface area contributed by atoms with E-state index in [1.54, 1.807) is 0 Å². The molecule has 0 spiro atoms. The van der Waals surface area contributed by atoms with Gasteiger partial charge in [-0.15, -0.1) is 0 Å². The smallest absolute Gasteiger partial charge is 0.138 e. The van der Waals surface area contributed by atoms with Gasteiger partial charge in [0.1, 0.15) is 5.75 Å². The summed E-state index contributed by atoms with van der Waals surface area (Å²) in [6, 6.07) is 10.7. The predicted octanol–water partition coefficient (Wildman–Crippen LogP) is 7.04. The monoisotopic (exact) mass is 344 g/mol. The van der Waals surface area contributed by atoms with Crippen LogP contribution in [0.3, 0.4) is 0 Å². The number of fused-ring (bicyclic) bond motifs is 1. The Morgan fingerprint density at radius 3 is 2.38 bits per heavy atom. The van der Waals surface area contributed by atoms with Crippen molar-refractivity contribution in [3.8, 4) is 5.75 Å². The summed E-state index contributed by atoms with van der Waals surface area (Å²) < 4.78 is 6.28. The molecule has 0 aromatic heterocycles. The Balaban J connectivity index is 1.73. The highest BCUT2D eigenvalue weighted by Crippen LogP contribution is 2.40. The largest absolute Gasteiger partial charge is 0.489 e. The Hall–Kier alpha value is -1.21. The lowest BCUT2D eigenvalue weighted by atomic mass is 9.72. The molecule has 1 aliphatic rings. The van der Waals surface area contributed by atoms with Crippen molar-refractivity contribution >= 4 is 22.4 Å². The minimum atomic E-state index is 0.300. The van der Waals surface area contributed by atoms with Crippen LogP contribution in [-0.4, -0.2) is 6.10 Å². The van der Waals surface area contributed by atoms with Gasteiger partial charge in [0, 0.05) is 5.39 Å². The summed E-state index contributed by atoms with van der Waals surface area (Å²) >= 11 is 6.63. The molecule has 0 radical (unpaired) electrons. The maximum absolute atomic E-state index is 6.63. The third kappa shape index (κ3) is 3.72. The van der Waals surface area contributed by atoms with Crippen molar-refractivity contribution in [2.75, 3.05) is 0 Å². The van der Waals surface area contributed by atoms with Crippen LogP contribution >= 0.6 is 11.6 Å². The van der Waals surface area contributed by atoms with Gasteiger partial charge < -0.3 is 4.74 Å². The van der Waals surface area contributed by atoms with E-state index < -0.39 is 0 Å². The number of hydrogen-bond donors (Lipinski definition) is 0. The maximum Gasteiger partial charge on any atom is 0.138 e. The molecule has 0 saturated heterocycles. The van der Waals surface area contributed by atoms with Gasteiger partial charge in [-0.05, 0) is 60.5 Å². The maximum atomic E-state index is 6.63. The van der Waals surface area contributed by atoms with E-state index in [-0.39, 0.29) is 0 Å². The first kappa shape index (κ1) is 17.6. The molecule has 0 unspecified atom stereocenters. The second kappa shape index (κ2) is 6.96. The molecule has 0 amide bonds. The van der Waals surface area contributed by atoms with E-state index in [9.17, 15) is 0 Å². The lowest BCUT2D eigenvalue weighted by molar-refractivity contribution is 0.0884. The van der Waals surface area contributed by atoms with Crippen molar-refractivity contribution in [3.63, 3.8) is 0 Å². The average molecular weight is 345 g/mol. The highest BCUT2D eigenvalue weighted by molar-refractivity contribution is 6.37. The second-order valence-corrected chi connectivity index (χ2v) is 8.62. The number of hydrogen-bond acceptors (Lipinski definition) is 1. The SMILES string of the molecule is CCc1ccc2c(Cl)c(OC3CCC(C(C)(C)C)CC3)ccc2c1. The summed E-state index contributed by atoms with van der Waals surface area (Å²) in [4.78, 5) is 0. The zero-order valence-corrected chi connectivity index (χ0v) is 16.1. The third-order valence-electron chi connectivity index (χ3n) is 5.58. The Morgan fingerprint density at radius 2 is 1.75 bits per heavy atom. The molecule has 2 aromatic rings. The van der Waals surface area contributed by atoms with Gasteiger partial charge in [0.05, 0.1) is 11.1 Å². The normalized spacial score (nSPS) is 21.9. The number of rotatable bonds is 3. The number of aryl methyl sites for hydroxylation is 1. The molecule has 1 saturated carbocycles. The summed E-state index contributed by atoms with van der Waals surface area (Å²) in [7, 11) is 0. The van der Waals surface area contributed by atoms with Gasteiger partial charge in [-0.25, -0.2) is 0 Å². The molecule has 0 heterocycles. The van der Waals surface area contributed by atoms with Crippen molar-refractivity contribution in [1.29, 1.82) is 0 Å².